The Balaban J connectivity index is 2.14. The molecule has 2 aromatic carbocycles. The molecule has 0 heterocycles. The van der Waals surface area contributed by atoms with E-state index in [1.165, 1.54) is 6.92 Å². The molecule has 0 aromatic heterocycles. The summed E-state index contributed by atoms with van der Waals surface area (Å²) in [7, 11) is 0. The Morgan fingerprint density at radius 3 is 2.08 bits per heavy atom. The van der Waals surface area contributed by atoms with Gasteiger partial charge in [0.25, 0.3) is 5.91 Å². The fraction of sp³-hybridized carbons (Fsp3) is 0.188. The SMILES string of the molecule is CC(NC(=O)c1cc(F)c(F)c(F)c1)C(O)c1ccc(F)c(F)c1. The molecule has 0 saturated carbocycles. The zero-order valence-electron chi connectivity index (χ0n) is 12.3. The molecule has 0 aliphatic carbocycles. The van der Waals surface area contributed by atoms with E-state index in [1.807, 2.05) is 0 Å². The van der Waals surface area contributed by atoms with Crippen LogP contribution in [0.2, 0.25) is 0 Å². The van der Waals surface area contributed by atoms with Crippen molar-refractivity contribution in [1.82, 2.24) is 5.32 Å². The maximum atomic E-state index is 13.2. The summed E-state index contributed by atoms with van der Waals surface area (Å²) >= 11 is 0. The highest BCUT2D eigenvalue weighted by molar-refractivity contribution is 5.94. The Kier molecular flexibility index (Phi) is 5.18. The number of hydrogen-bond acceptors (Lipinski definition) is 2. The molecule has 0 aliphatic heterocycles. The summed E-state index contributed by atoms with van der Waals surface area (Å²) in [5.74, 6) is -8.01. The Morgan fingerprint density at radius 1 is 0.958 bits per heavy atom. The first-order valence-electron chi connectivity index (χ1n) is 6.79. The van der Waals surface area contributed by atoms with Crippen LogP contribution in [-0.4, -0.2) is 17.1 Å². The Bertz CT molecular complexity index is 758. The normalized spacial score (nSPS) is 13.5. The second kappa shape index (κ2) is 6.96. The number of carbonyl (C=O) groups is 1. The van der Waals surface area contributed by atoms with E-state index < -0.39 is 52.7 Å². The van der Waals surface area contributed by atoms with E-state index in [-0.39, 0.29) is 5.56 Å². The van der Waals surface area contributed by atoms with Gasteiger partial charge in [-0.05, 0) is 36.8 Å². The van der Waals surface area contributed by atoms with Crippen molar-refractivity contribution in [2.45, 2.75) is 19.1 Å². The minimum Gasteiger partial charge on any atom is -0.386 e. The van der Waals surface area contributed by atoms with Gasteiger partial charge in [0.05, 0.1) is 12.1 Å². The number of aliphatic hydroxyl groups is 1. The fourth-order valence-corrected chi connectivity index (χ4v) is 2.04. The number of rotatable bonds is 4. The Morgan fingerprint density at radius 2 is 1.54 bits per heavy atom. The first-order valence-corrected chi connectivity index (χ1v) is 6.79. The van der Waals surface area contributed by atoms with Gasteiger partial charge in [0.1, 0.15) is 0 Å². The Hall–Kier alpha value is -2.48. The van der Waals surface area contributed by atoms with Crippen molar-refractivity contribution >= 4 is 5.91 Å². The summed E-state index contributed by atoms with van der Waals surface area (Å²) in [6, 6.07) is 2.71. The van der Waals surface area contributed by atoms with Crippen LogP contribution in [-0.2, 0) is 0 Å². The van der Waals surface area contributed by atoms with Gasteiger partial charge in [-0.3, -0.25) is 4.79 Å². The molecule has 2 aromatic rings. The monoisotopic (exact) mass is 345 g/mol. The van der Waals surface area contributed by atoms with E-state index in [1.54, 1.807) is 0 Å². The van der Waals surface area contributed by atoms with Gasteiger partial charge in [-0.1, -0.05) is 6.07 Å². The van der Waals surface area contributed by atoms with Crippen LogP contribution >= 0.6 is 0 Å². The highest BCUT2D eigenvalue weighted by atomic mass is 19.2. The summed E-state index contributed by atoms with van der Waals surface area (Å²) in [5, 5.41) is 12.3. The molecular formula is C16H12F5NO2. The fourth-order valence-electron chi connectivity index (χ4n) is 2.04. The molecule has 128 valence electrons. The number of amides is 1. The molecule has 24 heavy (non-hydrogen) atoms. The second-order valence-electron chi connectivity index (χ2n) is 5.13. The lowest BCUT2D eigenvalue weighted by Crippen LogP contribution is -2.37. The predicted molar refractivity (Wildman–Crippen MR) is 74.6 cm³/mol. The maximum absolute atomic E-state index is 13.2. The molecule has 3 nitrogen and oxygen atoms in total. The van der Waals surface area contributed by atoms with Gasteiger partial charge in [-0.15, -0.1) is 0 Å². The van der Waals surface area contributed by atoms with Crippen LogP contribution in [0.1, 0.15) is 28.9 Å². The molecule has 2 unspecified atom stereocenters. The third-order valence-electron chi connectivity index (χ3n) is 3.36. The first kappa shape index (κ1) is 17.9. The quantitative estimate of drug-likeness (QED) is 0.660. The van der Waals surface area contributed by atoms with Gasteiger partial charge < -0.3 is 10.4 Å². The summed E-state index contributed by atoms with van der Waals surface area (Å²) in [6.45, 7) is 1.35. The lowest BCUT2D eigenvalue weighted by atomic mass is 10.0. The van der Waals surface area contributed by atoms with E-state index >= 15 is 0 Å². The zero-order valence-corrected chi connectivity index (χ0v) is 12.3. The molecule has 0 saturated heterocycles. The van der Waals surface area contributed by atoms with Gasteiger partial charge in [-0.25, -0.2) is 22.0 Å². The molecule has 0 spiro atoms. The molecular weight excluding hydrogens is 333 g/mol. The van der Waals surface area contributed by atoms with Crippen LogP contribution in [0.4, 0.5) is 22.0 Å². The number of aliphatic hydroxyl groups excluding tert-OH is 1. The third kappa shape index (κ3) is 3.70. The lowest BCUT2D eigenvalue weighted by molar-refractivity contribution is 0.0850. The van der Waals surface area contributed by atoms with E-state index in [4.69, 9.17) is 0 Å². The molecule has 1 amide bonds. The topological polar surface area (TPSA) is 49.3 Å². The largest absolute Gasteiger partial charge is 0.386 e. The third-order valence-corrected chi connectivity index (χ3v) is 3.36. The summed E-state index contributed by atoms with van der Waals surface area (Å²) in [5.41, 5.74) is -0.492. The molecule has 0 aliphatic rings. The van der Waals surface area contributed by atoms with Crippen LogP contribution in [0.5, 0.6) is 0 Å². The van der Waals surface area contributed by atoms with Crippen LogP contribution in [0.25, 0.3) is 0 Å². The maximum Gasteiger partial charge on any atom is 0.251 e. The van der Waals surface area contributed by atoms with Crippen molar-refractivity contribution in [3.63, 3.8) is 0 Å². The smallest absolute Gasteiger partial charge is 0.251 e. The summed E-state index contributed by atoms with van der Waals surface area (Å²) in [4.78, 5) is 11.9. The van der Waals surface area contributed by atoms with Crippen LogP contribution in [0.3, 0.4) is 0 Å². The predicted octanol–water partition coefficient (Wildman–Crippen LogP) is 3.23. The summed E-state index contributed by atoms with van der Waals surface area (Å²) in [6.07, 6.45) is -1.40. The number of hydrogen-bond donors (Lipinski definition) is 2. The zero-order chi connectivity index (χ0) is 18.0. The first-order chi connectivity index (χ1) is 11.2. The summed E-state index contributed by atoms with van der Waals surface area (Å²) < 4.78 is 65.2. The van der Waals surface area contributed by atoms with E-state index in [9.17, 15) is 31.9 Å². The highest BCUT2D eigenvalue weighted by Gasteiger charge is 2.22. The minimum atomic E-state index is -1.71. The van der Waals surface area contributed by atoms with Gasteiger partial charge in [0, 0.05) is 5.56 Å². The van der Waals surface area contributed by atoms with Gasteiger partial charge in [0.2, 0.25) is 0 Å². The van der Waals surface area contributed by atoms with Crippen molar-refractivity contribution in [2.75, 3.05) is 0 Å². The molecule has 2 atom stereocenters. The average Bonchev–Trinajstić information content (AvgIpc) is 2.53. The standard InChI is InChI=1S/C16H12F5NO2/c1-7(15(23)8-2-3-10(17)11(18)4-8)22-16(24)9-5-12(19)14(21)13(20)6-9/h2-7,15,23H,1H3,(H,22,24). The van der Waals surface area contributed by atoms with Crippen molar-refractivity contribution in [3.05, 3.63) is 70.5 Å². The van der Waals surface area contributed by atoms with Gasteiger partial charge in [0.15, 0.2) is 29.1 Å². The molecule has 2 N–H and O–H groups in total. The van der Waals surface area contributed by atoms with Crippen LogP contribution in [0, 0.1) is 29.1 Å². The van der Waals surface area contributed by atoms with Crippen molar-refractivity contribution in [1.29, 1.82) is 0 Å². The van der Waals surface area contributed by atoms with Gasteiger partial charge >= 0.3 is 0 Å². The van der Waals surface area contributed by atoms with Crippen molar-refractivity contribution in [3.8, 4) is 0 Å². The molecule has 0 fully saturated rings. The number of benzene rings is 2. The number of nitrogens with one attached hydrogen (secondary N) is 1. The minimum absolute atomic E-state index is 0.00170. The van der Waals surface area contributed by atoms with Crippen LogP contribution in [0.15, 0.2) is 30.3 Å². The second-order valence-corrected chi connectivity index (χ2v) is 5.13. The van der Waals surface area contributed by atoms with Crippen LogP contribution < -0.4 is 5.32 Å². The van der Waals surface area contributed by atoms with E-state index in [0.717, 1.165) is 18.2 Å². The van der Waals surface area contributed by atoms with Crippen molar-refractivity contribution < 1.29 is 31.9 Å². The highest BCUT2D eigenvalue weighted by Crippen LogP contribution is 2.20. The van der Waals surface area contributed by atoms with E-state index in [0.29, 0.717) is 12.1 Å². The molecule has 0 bridgehead atoms. The number of halogens is 5. The average molecular weight is 345 g/mol. The molecule has 0 radical (unpaired) electrons. The number of carbonyl (C=O) groups excluding carboxylic acids is 1. The van der Waals surface area contributed by atoms with Gasteiger partial charge in [-0.2, -0.15) is 0 Å². The Labute approximate surface area is 133 Å². The molecule has 8 heteroatoms. The van der Waals surface area contributed by atoms with E-state index in [2.05, 4.69) is 5.32 Å². The molecule has 2 rings (SSSR count). The van der Waals surface area contributed by atoms with Crippen molar-refractivity contribution in [2.24, 2.45) is 0 Å². The lowest BCUT2D eigenvalue weighted by Gasteiger charge is -2.21.